The van der Waals surface area contributed by atoms with E-state index in [1.54, 1.807) is 37.7 Å². The largest absolute Gasteiger partial charge is 0.464 e. The molecule has 0 atom stereocenters. The Balaban J connectivity index is 1.49. The van der Waals surface area contributed by atoms with Crippen LogP contribution in [-0.2, 0) is 12.7 Å². The van der Waals surface area contributed by atoms with E-state index in [1.807, 2.05) is 12.1 Å². The van der Waals surface area contributed by atoms with Crippen molar-refractivity contribution >= 4 is 11.0 Å². The summed E-state index contributed by atoms with van der Waals surface area (Å²) in [6.07, 6.45) is 0.473. The fourth-order valence-electron chi connectivity index (χ4n) is 3.50. The van der Waals surface area contributed by atoms with Crippen LogP contribution in [0.5, 0.6) is 0 Å². The van der Waals surface area contributed by atoms with Gasteiger partial charge in [0.05, 0.1) is 24.6 Å². The van der Waals surface area contributed by atoms with E-state index in [4.69, 9.17) is 8.83 Å². The molecule has 0 aliphatic carbocycles. The highest BCUT2D eigenvalue weighted by Crippen LogP contribution is 2.34. The molecule has 0 fully saturated rings. The molecule has 156 valence electrons. The van der Waals surface area contributed by atoms with Crippen LogP contribution in [0.2, 0.25) is 0 Å². The summed E-state index contributed by atoms with van der Waals surface area (Å²) >= 11 is 0. The maximum atomic E-state index is 13.3. The van der Waals surface area contributed by atoms with E-state index in [-0.39, 0.29) is 12.1 Å². The number of nitrogens with zero attached hydrogens (tertiary/aromatic N) is 4. The molecule has 5 aromatic rings. The van der Waals surface area contributed by atoms with Gasteiger partial charge in [-0.05, 0) is 29.8 Å². The summed E-state index contributed by atoms with van der Waals surface area (Å²) in [7, 11) is 0. The lowest BCUT2D eigenvalue weighted by atomic mass is 10.1. The number of hydrogen-bond acceptors (Lipinski definition) is 5. The predicted molar refractivity (Wildman–Crippen MR) is 106 cm³/mol. The molecule has 3 aromatic heterocycles. The molecule has 0 unspecified atom stereocenters. The smallest absolute Gasteiger partial charge is 0.416 e. The molecule has 0 spiro atoms. The molecular weight excluding hydrogens is 409 g/mol. The molecule has 0 bridgehead atoms. The Kier molecular flexibility index (Phi) is 4.39. The highest BCUT2D eigenvalue weighted by Gasteiger charge is 2.32. The van der Waals surface area contributed by atoms with Crippen LogP contribution in [0.3, 0.4) is 0 Å². The summed E-state index contributed by atoms with van der Waals surface area (Å²) in [6, 6.07) is 11.0. The molecule has 5 rings (SSSR count). The molecule has 0 amide bonds. The quantitative estimate of drug-likeness (QED) is 0.369. The zero-order valence-electron chi connectivity index (χ0n) is 16.2. The normalized spacial score (nSPS) is 12.0. The third-order valence-corrected chi connectivity index (χ3v) is 4.95. The van der Waals surface area contributed by atoms with Crippen molar-refractivity contribution in [1.82, 2.24) is 20.0 Å². The van der Waals surface area contributed by atoms with Gasteiger partial charge in [-0.1, -0.05) is 18.2 Å². The highest BCUT2D eigenvalue weighted by atomic mass is 19.4. The Hall–Kier alpha value is -3.88. The summed E-state index contributed by atoms with van der Waals surface area (Å²) in [6.45, 7) is 1.71. The molecule has 0 saturated carbocycles. The zero-order chi connectivity index (χ0) is 21.6. The first-order valence-electron chi connectivity index (χ1n) is 9.38. The Morgan fingerprint density at radius 3 is 2.65 bits per heavy atom. The minimum atomic E-state index is -4.42. The minimum absolute atomic E-state index is 0.00201. The lowest BCUT2D eigenvalue weighted by molar-refractivity contribution is -0.138. The van der Waals surface area contributed by atoms with E-state index >= 15 is 0 Å². The molecule has 0 N–H and O–H groups in total. The number of rotatable bonds is 4. The van der Waals surface area contributed by atoms with Gasteiger partial charge in [-0.25, -0.2) is 0 Å². The lowest BCUT2D eigenvalue weighted by Gasteiger charge is -2.12. The Morgan fingerprint density at radius 2 is 1.87 bits per heavy atom. The predicted octanol–water partition coefficient (Wildman–Crippen LogP) is 5.72. The monoisotopic (exact) mass is 424 g/mol. The van der Waals surface area contributed by atoms with Gasteiger partial charge in [0, 0.05) is 35.2 Å². The van der Waals surface area contributed by atoms with Gasteiger partial charge >= 0.3 is 6.18 Å². The van der Waals surface area contributed by atoms with Gasteiger partial charge in [-0.15, -0.1) is 10.2 Å². The fraction of sp³-hybridized carbons (Fsp3) is 0.136. The van der Waals surface area contributed by atoms with Gasteiger partial charge in [-0.2, -0.15) is 18.3 Å². The maximum absolute atomic E-state index is 13.3. The molecule has 0 saturated heterocycles. The summed E-state index contributed by atoms with van der Waals surface area (Å²) in [5.41, 5.74) is 2.37. The van der Waals surface area contributed by atoms with Crippen LogP contribution >= 0.6 is 0 Å². The van der Waals surface area contributed by atoms with Gasteiger partial charge in [0.1, 0.15) is 5.58 Å². The molecular formula is C22H15F3N4O2. The molecule has 3 heterocycles. The number of alkyl halides is 3. The average Bonchev–Trinajstić information content (AvgIpc) is 3.46. The number of aryl methyl sites for hydroxylation is 1. The van der Waals surface area contributed by atoms with Crippen molar-refractivity contribution in [2.45, 2.75) is 19.6 Å². The summed E-state index contributed by atoms with van der Waals surface area (Å²) in [4.78, 5) is 0. The first kappa shape index (κ1) is 19.1. The van der Waals surface area contributed by atoms with Gasteiger partial charge in [0.25, 0.3) is 0 Å². The van der Waals surface area contributed by atoms with E-state index in [2.05, 4.69) is 15.3 Å². The molecule has 9 heteroatoms. The maximum Gasteiger partial charge on any atom is 0.416 e. The molecule has 31 heavy (non-hydrogen) atoms. The van der Waals surface area contributed by atoms with Gasteiger partial charge in [0.2, 0.25) is 11.8 Å². The Bertz CT molecular complexity index is 1380. The number of benzene rings is 2. The van der Waals surface area contributed by atoms with E-state index in [1.165, 1.54) is 16.8 Å². The highest BCUT2D eigenvalue weighted by molar-refractivity contribution is 5.95. The van der Waals surface area contributed by atoms with Crippen LogP contribution in [0.15, 0.2) is 70.0 Å². The van der Waals surface area contributed by atoms with E-state index in [9.17, 15) is 13.2 Å². The van der Waals surface area contributed by atoms with Crippen molar-refractivity contribution in [2.75, 3.05) is 0 Å². The molecule has 0 radical (unpaired) electrons. The van der Waals surface area contributed by atoms with Crippen molar-refractivity contribution in [3.63, 3.8) is 0 Å². The minimum Gasteiger partial charge on any atom is -0.464 e. The molecule has 6 nitrogen and oxygen atoms in total. The second-order valence-electron chi connectivity index (χ2n) is 7.07. The van der Waals surface area contributed by atoms with E-state index in [0.717, 1.165) is 28.1 Å². The molecule has 2 aromatic carbocycles. The van der Waals surface area contributed by atoms with E-state index < -0.39 is 11.7 Å². The Labute approximate surface area is 173 Å². The summed E-state index contributed by atoms with van der Waals surface area (Å²) in [5, 5.41) is 12.9. The molecule has 0 aliphatic rings. The van der Waals surface area contributed by atoms with Crippen LogP contribution in [0.25, 0.3) is 33.6 Å². The first-order chi connectivity index (χ1) is 14.9. The molecule has 0 aliphatic heterocycles. The van der Waals surface area contributed by atoms with Crippen LogP contribution in [-0.4, -0.2) is 20.0 Å². The zero-order valence-corrected chi connectivity index (χ0v) is 16.2. The van der Waals surface area contributed by atoms with Crippen LogP contribution in [0.1, 0.15) is 17.0 Å². The van der Waals surface area contributed by atoms with Gasteiger partial charge in [-0.3, -0.25) is 4.68 Å². The van der Waals surface area contributed by atoms with Gasteiger partial charge in [0.15, 0.2) is 0 Å². The second-order valence-corrected chi connectivity index (χ2v) is 7.07. The number of hydrogen-bond donors (Lipinski definition) is 0. The Morgan fingerprint density at radius 1 is 1.03 bits per heavy atom. The SMILES string of the molecule is Cc1nnc(-c2ccc3occ(-c4cnn(Cc5ccccc5C(F)(F)F)c4)c3c2)o1. The standard InChI is InChI=1S/C22H15F3N4O2/c1-13-27-28-21(31-13)14-6-7-20-17(8-14)18(12-30-20)16-9-26-29(11-16)10-15-4-2-3-5-19(15)22(23,24)25/h2-9,11-12H,10H2,1H3. The third-order valence-electron chi connectivity index (χ3n) is 4.95. The first-order valence-corrected chi connectivity index (χ1v) is 9.38. The van der Waals surface area contributed by atoms with Crippen molar-refractivity contribution in [3.8, 4) is 22.6 Å². The fourth-order valence-corrected chi connectivity index (χ4v) is 3.50. The van der Waals surface area contributed by atoms with Crippen molar-refractivity contribution in [2.24, 2.45) is 0 Å². The topological polar surface area (TPSA) is 69.9 Å². The average molecular weight is 424 g/mol. The van der Waals surface area contributed by atoms with Gasteiger partial charge < -0.3 is 8.83 Å². The van der Waals surface area contributed by atoms with Crippen LogP contribution < -0.4 is 0 Å². The number of aromatic nitrogens is 4. The summed E-state index contributed by atoms with van der Waals surface area (Å²) in [5.74, 6) is 0.855. The second kappa shape index (κ2) is 7.12. The van der Waals surface area contributed by atoms with Crippen molar-refractivity contribution < 1.29 is 22.0 Å². The van der Waals surface area contributed by atoms with Crippen LogP contribution in [0.4, 0.5) is 13.2 Å². The van der Waals surface area contributed by atoms with Crippen molar-refractivity contribution in [3.05, 3.63) is 78.1 Å². The number of halogens is 3. The van der Waals surface area contributed by atoms with Crippen LogP contribution in [0, 0.1) is 6.92 Å². The van der Waals surface area contributed by atoms with E-state index in [0.29, 0.717) is 17.4 Å². The number of fused-ring (bicyclic) bond motifs is 1. The van der Waals surface area contributed by atoms with Crippen molar-refractivity contribution in [1.29, 1.82) is 0 Å². The lowest BCUT2D eigenvalue weighted by Crippen LogP contribution is -2.11. The summed E-state index contributed by atoms with van der Waals surface area (Å²) < 4.78 is 52.4. The number of furan rings is 1. The third kappa shape index (κ3) is 3.58.